The second-order valence-corrected chi connectivity index (χ2v) is 8.07. The van der Waals surface area contributed by atoms with Crippen molar-refractivity contribution in [1.82, 2.24) is 20.5 Å². The first-order chi connectivity index (χ1) is 12.9. The molecule has 0 radical (unpaired) electrons. The van der Waals surface area contributed by atoms with Gasteiger partial charge in [0.15, 0.2) is 5.96 Å². The van der Waals surface area contributed by atoms with Crippen molar-refractivity contribution in [2.75, 3.05) is 39.8 Å². The summed E-state index contributed by atoms with van der Waals surface area (Å²) in [6.07, 6.45) is 2.33. The van der Waals surface area contributed by atoms with Crippen LogP contribution in [0, 0.1) is 5.92 Å². The van der Waals surface area contributed by atoms with Gasteiger partial charge >= 0.3 is 6.18 Å². The zero-order valence-electron chi connectivity index (χ0n) is 16.5. The zero-order valence-corrected chi connectivity index (χ0v) is 19.7. The monoisotopic (exact) mass is 533 g/mol. The molecule has 0 saturated carbocycles. The number of rotatable bonds is 8. The maximum Gasteiger partial charge on any atom is 0.401 e. The number of guanidine groups is 1. The standard InChI is InChI=1S/C18H30F3N5S.HI/c1-3-15-12-25-16(27-15)5-9-24-17(22-2)23-8-4-14-6-10-26(11-7-14)13-18(19,20)21;/h12,14H,3-11,13H2,1-2H3,(H2,22,23,24);1H. The summed E-state index contributed by atoms with van der Waals surface area (Å²) < 4.78 is 37.3. The molecule has 0 bridgehead atoms. The van der Waals surface area contributed by atoms with E-state index >= 15 is 0 Å². The minimum atomic E-state index is -4.09. The average Bonchev–Trinajstić information content (AvgIpc) is 3.08. The van der Waals surface area contributed by atoms with Crippen LogP contribution in [0.1, 0.15) is 36.1 Å². The molecule has 0 aromatic carbocycles. The van der Waals surface area contributed by atoms with Crippen molar-refractivity contribution >= 4 is 41.3 Å². The summed E-state index contributed by atoms with van der Waals surface area (Å²) in [4.78, 5) is 11.4. The van der Waals surface area contributed by atoms with Gasteiger partial charge in [0, 0.05) is 37.6 Å². The molecule has 2 N–H and O–H groups in total. The first kappa shape index (κ1) is 25.4. The van der Waals surface area contributed by atoms with Crippen LogP contribution in [0.15, 0.2) is 11.2 Å². The molecule has 0 unspecified atom stereocenters. The fourth-order valence-electron chi connectivity index (χ4n) is 3.22. The summed E-state index contributed by atoms with van der Waals surface area (Å²) >= 11 is 1.75. The molecule has 2 rings (SSSR count). The number of hydrogen-bond acceptors (Lipinski definition) is 4. The number of aryl methyl sites for hydroxylation is 1. The Morgan fingerprint density at radius 2 is 1.96 bits per heavy atom. The Bertz CT molecular complexity index is 586. The third-order valence-corrected chi connectivity index (χ3v) is 5.96. The molecule has 10 heteroatoms. The van der Waals surface area contributed by atoms with Crippen LogP contribution < -0.4 is 10.6 Å². The average molecular weight is 533 g/mol. The Morgan fingerprint density at radius 3 is 2.54 bits per heavy atom. The van der Waals surface area contributed by atoms with Gasteiger partial charge in [-0.1, -0.05) is 6.92 Å². The van der Waals surface area contributed by atoms with Gasteiger partial charge < -0.3 is 10.6 Å². The Morgan fingerprint density at radius 1 is 1.29 bits per heavy atom. The van der Waals surface area contributed by atoms with Crippen LogP contribution in [0.25, 0.3) is 0 Å². The fraction of sp³-hybridized carbons (Fsp3) is 0.778. The molecule has 162 valence electrons. The number of alkyl halides is 3. The molecule has 0 spiro atoms. The number of nitrogens with one attached hydrogen (secondary N) is 2. The molecule has 5 nitrogen and oxygen atoms in total. The summed E-state index contributed by atoms with van der Waals surface area (Å²) in [5.74, 6) is 1.24. The summed E-state index contributed by atoms with van der Waals surface area (Å²) in [5.41, 5.74) is 0. The highest BCUT2D eigenvalue weighted by Gasteiger charge is 2.32. The van der Waals surface area contributed by atoms with Crippen molar-refractivity contribution in [3.63, 3.8) is 0 Å². The van der Waals surface area contributed by atoms with Gasteiger partial charge in [-0.15, -0.1) is 35.3 Å². The van der Waals surface area contributed by atoms with Crippen LogP contribution in [-0.4, -0.2) is 61.8 Å². The second kappa shape index (κ2) is 12.8. The van der Waals surface area contributed by atoms with Gasteiger partial charge in [-0.05, 0) is 44.7 Å². The van der Waals surface area contributed by atoms with Crippen molar-refractivity contribution in [3.8, 4) is 0 Å². The SMILES string of the molecule is CCc1cnc(CCNC(=NC)NCCC2CCN(CC(F)(F)F)CC2)s1.I. The summed E-state index contributed by atoms with van der Waals surface area (Å²) in [6, 6.07) is 0. The van der Waals surface area contributed by atoms with Crippen molar-refractivity contribution in [1.29, 1.82) is 0 Å². The van der Waals surface area contributed by atoms with Gasteiger partial charge in [0.05, 0.1) is 11.6 Å². The van der Waals surface area contributed by atoms with Gasteiger partial charge in [0.1, 0.15) is 0 Å². The number of aromatic nitrogens is 1. The quantitative estimate of drug-likeness (QED) is 0.304. The van der Waals surface area contributed by atoms with Crippen molar-refractivity contribution < 1.29 is 13.2 Å². The Kier molecular flexibility index (Phi) is 11.7. The van der Waals surface area contributed by atoms with E-state index in [-0.39, 0.29) is 24.0 Å². The third-order valence-electron chi connectivity index (χ3n) is 4.76. The van der Waals surface area contributed by atoms with Crippen LogP contribution in [0.5, 0.6) is 0 Å². The number of piperidine rings is 1. The summed E-state index contributed by atoms with van der Waals surface area (Å²) in [7, 11) is 1.74. The molecule has 1 aliphatic rings. The van der Waals surface area contributed by atoms with E-state index in [4.69, 9.17) is 0 Å². The molecule has 0 amide bonds. The van der Waals surface area contributed by atoms with Crippen molar-refractivity contribution in [3.05, 3.63) is 16.1 Å². The predicted octanol–water partition coefficient (Wildman–Crippen LogP) is 3.70. The molecule has 1 saturated heterocycles. The highest BCUT2D eigenvalue weighted by atomic mass is 127. The van der Waals surface area contributed by atoms with E-state index < -0.39 is 12.7 Å². The Balaban J connectivity index is 0.00000392. The van der Waals surface area contributed by atoms with Crippen LogP contribution in [0.4, 0.5) is 13.2 Å². The van der Waals surface area contributed by atoms with E-state index in [9.17, 15) is 13.2 Å². The third kappa shape index (κ3) is 9.73. The smallest absolute Gasteiger partial charge is 0.356 e. The number of nitrogens with zero attached hydrogens (tertiary/aromatic N) is 3. The molecule has 0 aliphatic carbocycles. The lowest BCUT2D eigenvalue weighted by atomic mass is 9.93. The highest BCUT2D eigenvalue weighted by Crippen LogP contribution is 2.23. The van der Waals surface area contributed by atoms with Crippen LogP contribution in [-0.2, 0) is 12.8 Å². The highest BCUT2D eigenvalue weighted by molar-refractivity contribution is 14.0. The van der Waals surface area contributed by atoms with E-state index in [0.717, 1.165) is 56.2 Å². The Hall–Kier alpha value is -0.620. The molecule has 1 aromatic heterocycles. The minimum absolute atomic E-state index is 0. The summed E-state index contributed by atoms with van der Waals surface area (Å²) in [5, 5.41) is 7.71. The zero-order chi connectivity index (χ0) is 19.7. The van der Waals surface area contributed by atoms with Gasteiger partial charge in [-0.3, -0.25) is 9.89 Å². The van der Waals surface area contributed by atoms with E-state index in [1.807, 2.05) is 6.20 Å². The maximum absolute atomic E-state index is 12.4. The number of halogens is 4. The normalized spacial score (nSPS) is 16.7. The molecular weight excluding hydrogens is 502 g/mol. The number of likely N-dealkylation sites (tertiary alicyclic amines) is 1. The molecule has 0 atom stereocenters. The van der Waals surface area contributed by atoms with Crippen molar-refractivity contribution in [2.24, 2.45) is 10.9 Å². The van der Waals surface area contributed by atoms with Gasteiger partial charge in [-0.25, -0.2) is 4.98 Å². The van der Waals surface area contributed by atoms with E-state index in [0.29, 0.717) is 19.0 Å². The second-order valence-electron chi connectivity index (χ2n) is 6.87. The minimum Gasteiger partial charge on any atom is -0.356 e. The Labute approximate surface area is 186 Å². The molecule has 28 heavy (non-hydrogen) atoms. The van der Waals surface area contributed by atoms with E-state index in [1.165, 1.54) is 9.78 Å². The lowest BCUT2D eigenvalue weighted by Gasteiger charge is -2.32. The van der Waals surface area contributed by atoms with Crippen LogP contribution in [0.3, 0.4) is 0 Å². The number of thiazole rings is 1. The van der Waals surface area contributed by atoms with Gasteiger partial charge in [-0.2, -0.15) is 13.2 Å². The lowest BCUT2D eigenvalue weighted by Crippen LogP contribution is -2.42. The van der Waals surface area contributed by atoms with E-state index in [2.05, 4.69) is 27.5 Å². The lowest BCUT2D eigenvalue weighted by molar-refractivity contribution is -0.148. The number of aliphatic imine (C=N–C) groups is 1. The molecule has 1 aromatic rings. The molecule has 1 aliphatic heterocycles. The van der Waals surface area contributed by atoms with Crippen LogP contribution in [0.2, 0.25) is 0 Å². The molecule has 2 heterocycles. The fourth-order valence-corrected chi connectivity index (χ4v) is 4.08. The predicted molar refractivity (Wildman–Crippen MR) is 120 cm³/mol. The molecule has 1 fully saturated rings. The molecular formula is C18H31F3IN5S. The largest absolute Gasteiger partial charge is 0.401 e. The van der Waals surface area contributed by atoms with Gasteiger partial charge in [0.2, 0.25) is 0 Å². The van der Waals surface area contributed by atoms with Gasteiger partial charge in [0.25, 0.3) is 0 Å². The maximum atomic E-state index is 12.4. The first-order valence-electron chi connectivity index (χ1n) is 9.56. The van der Waals surface area contributed by atoms with Crippen LogP contribution >= 0.6 is 35.3 Å². The summed E-state index contributed by atoms with van der Waals surface area (Å²) in [6.45, 7) is 3.96. The van der Waals surface area contributed by atoms with Crippen molar-refractivity contribution in [2.45, 2.75) is 45.2 Å². The first-order valence-corrected chi connectivity index (χ1v) is 10.4. The van der Waals surface area contributed by atoms with E-state index in [1.54, 1.807) is 18.4 Å². The topological polar surface area (TPSA) is 52.6 Å². The number of hydrogen-bond donors (Lipinski definition) is 2.